The zero-order valence-corrected chi connectivity index (χ0v) is 33.7. The van der Waals surface area contributed by atoms with Crippen molar-refractivity contribution in [1.82, 2.24) is 30.4 Å². The number of aromatic nitrogens is 2. The monoisotopic (exact) mass is 765 g/mol. The van der Waals surface area contributed by atoms with Crippen molar-refractivity contribution in [3.05, 3.63) is 72.3 Å². The van der Waals surface area contributed by atoms with E-state index in [1.807, 2.05) is 49.9 Å². The predicted octanol–water partition coefficient (Wildman–Crippen LogP) is 6.84. The summed E-state index contributed by atoms with van der Waals surface area (Å²) in [5.41, 5.74) is 7.16. The minimum absolute atomic E-state index is 0.0936. The van der Waals surface area contributed by atoms with Gasteiger partial charge in [-0.05, 0) is 64.3 Å². The molecule has 1 aromatic heterocycles. The van der Waals surface area contributed by atoms with Gasteiger partial charge in [-0.1, -0.05) is 90.1 Å². The highest BCUT2D eigenvalue weighted by molar-refractivity contribution is 6.04. The number of allylic oxidation sites excluding steroid dienone is 1. The van der Waals surface area contributed by atoms with Crippen molar-refractivity contribution in [3.8, 4) is 22.4 Å². The van der Waals surface area contributed by atoms with E-state index in [1.165, 1.54) is 14.2 Å². The number of hydrogen-bond acceptors (Lipinski definition) is 8. The van der Waals surface area contributed by atoms with Crippen molar-refractivity contribution in [1.29, 1.82) is 0 Å². The van der Waals surface area contributed by atoms with Crippen LogP contribution < -0.4 is 10.6 Å². The Hall–Kier alpha value is -5.46. The summed E-state index contributed by atoms with van der Waals surface area (Å²) in [5.74, 6) is 0.880. The Kier molecular flexibility index (Phi) is 12.3. The second kappa shape index (κ2) is 17.1. The van der Waals surface area contributed by atoms with E-state index in [1.54, 1.807) is 0 Å². The number of amides is 4. The molecular weight excluding hydrogens is 711 g/mol. The number of imidazole rings is 1. The fraction of sp³-hybridized carbons (Fsp3) is 0.488. The Morgan fingerprint density at radius 3 is 1.68 bits per heavy atom. The number of ether oxygens (including phenoxy) is 2. The van der Waals surface area contributed by atoms with Crippen LogP contribution in [0.4, 0.5) is 9.59 Å². The zero-order chi connectivity index (χ0) is 40.3. The molecule has 0 radical (unpaired) electrons. The van der Waals surface area contributed by atoms with Crippen LogP contribution in [0, 0.1) is 23.7 Å². The SMILES string of the molecule is COC(=O)N[C@H](C(=O)N1C[C@@H](C)C[C@H]1C1=NC=C(c2ccc(-c3ccc(-c4cnc([C@@H]5C[C@H](C)CN5C(=O)[C@@H](NC(=O)OC)C(C)C)[nH]4)cc3)cc2)C1)C(C)C. The Morgan fingerprint density at radius 1 is 0.714 bits per heavy atom. The number of nitrogens with one attached hydrogen (secondary N) is 3. The summed E-state index contributed by atoms with van der Waals surface area (Å²) >= 11 is 0. The van der Waals surface area contributed by atoms with E-state index in [0.29, 0.717) is 25.4 Å². The van der Waals surface area contributed by atoms with Gasteiger partial charge < -0.3 is 34.9 Å². The summed E-state index contributed by atoms with van der Waals surface area (Å²) in [6, 6.07) is 15.1. The van der Waals surface area contributed by atoms with Crippen molar-refractivity contribution < 1.29 is 28.7 Å². The van der Waals surface area contributed by atoms with Crippen molar-refractivity contribution in [3.63, 3.8) is 0 Å². The molecule has 0 unspecified atom stereocenters. The fourth-order valence-electron chi connectivity index (χ4n) is 8.11. The van der Waals surface area contributed by atoms with Crippen LogP contribution in [0.25, 0.3) is 28.0 Å². The second-order valence-corrected chi connectivity index (χ2v) is 16.2. The van der Waals surface area contributed by atoms with Crippen LogP contribution in [0.2, 0.25) is 0 Å². The fourth-order valence-corrected chi connectivity index (χ4v) is 8.11. The third kappa shape index (κ3) is 8.66. The quantitative estimate of drug-likeness (QED) is 0.193. The molecule has 6 atom stereocenters. The number of aromatic amines is 1. The Labute approximate surface area is 329 Å². The number of hydrogen-bond donors (Lipinski definition) is 3. The number of benzene rings is 2. The first-order valence-corrected chi connectivity index (χ1v) is 19.6. The maximum atomic E-state index is 13.7. The lowest BCUT2D eigenvalue weighted by Gasteiger charge is -2.31. The summed E-state index contributed by atoms with van der Waals surface area (Å²) in [7, 11) is 2.59. The molecule has 4 heterocycles. The van der Waals surface area contributed by atoms with E-state index in [9.17, 15) is 19.2 Å². The molecule has 4 amide bonds. The highest BCUT2D eigenvalue weighted by atomic mass is 16.5. The van der Waals surface area contributed by atoms with Crippen LogP contribution in [0.15, 0.2) is 65.9 Å². The van der Waals surface area contributed by atoms with Crippen LogP contribution in [0.1, 0.15) is 78.2 Å². The van der Waals surface area contributed by atoms with Gasteiger partial charge in [-0.2, -0.15) is 0 Å². The predicted molar refractivity (Wildman–Crippen MR) is 215 cm³/mol. The summed E-state index contributed by atoms with van der Waals surface area (Å²) in [5, 5.41) is 5.44. The van der Waals surface area contributed by atoms with Gasteiger partial charge >= 0.3 is 12.2 Å². The number of nitrogens with zero attached hydrogens (tertiary/aromatic N) is 4. The maximum absolute atomic E-state index is 13.7. The second-order valence-electron chi connectivity index (χ2n) is 16.2. The lowest BCUT2D eigenvalue weighted by atomic mass is 9.95. The Balaban J connectivity index is 1.09. The third-order valence-electron chi connectivity index (χ3n) is 11.2. The number of methoxy groups -OCH3 is 2. The zero-order valence-electron chi connectivity index (χ0n) is 33.7. The molecule has 0 aliphatic carbocycles. The molecule has 3 aromatic rings. The van der Waals surface area contributed by atoms with E-state index in [4.69, 9.17) is 19.5 Å². The highest BCUT2D eigenvalue weighted by Crippen LogP contribution is 2.37. The molecule has 3 N–H and O–H groups in total. The molecule has 0 saturated carbocycles. The van der Waals surface area contributed by atoms with Crippen LogP contribution in [-0.4, -0.2) is 94.9 Å². The number of carbonyl (C=O) groups excluding carboxylic acids is 4. The molecule has 56 heavy (non-hydrogen) atoms. The molecule has 3 aliphatic rings. The first-order chi connectivity index (χ1) is 26.8. The number of alkyl carbamates (subject to hydrolysis) is 2. The number of rotatable bonds is 11. The average Bonchev–Trinajstić information content (AvgIpc) is 4.02. The van der Waals surface area contributed by atoms with Gasteiger partial charge in [0.2, 0.25) is 11.8 Å². The van der Waals surface area contributed by atoms with Crippen LogP contribution in [-0.2, 0) is 19.1 Å². The summed E-state index contributed by atoms with van der Waals surface area (Å²) in [6.07, 6.45) is 4.75. The lowest BCUT2D eigenvalue weighted by Crippen LogP contribution is -2.53. The first-order valence-electron chi connectivity index (χ1n) is 19.6. The molecule has 13 nitrogen and oxygen atoms in total. The first kappa shape index (κ1) is 40.2. The summed E-state index contributed by atoms with van der Waals surface area (Å²) in [4.78, 5) is 68.1. The van der Waals surface area contributed by atoms with Gasteiger partial charge in [0.1, 0.15) is 17.9 Å². The van der Waals surface area contributed by atoms with E-state index in [2.05, 4.69) is 78.0 Å². The van der Waals surface area contributed by atoms with Gasteiger partial charge in [-0.25, -0.2) is 14.6 Å². The molecule has 13 heteroatoms. The molecular formula is C43H55N7O6. The highest BCUT2D eigenvalue weighted by Gasteiger charge is 2.42. The van der Waals surface area contributed by atoms with E-state index >= 15 is 0 Å². The molecule has 2 saturated heterocycles. The number of H-pyrrole nitrogens is 1. The van der Waals surface area contributed by atoms with Gasteiger partial charge in [0, 0.05) is 31.4 Å². The van der Waals surface area contributed by atoms with Gasteiger partial charge in [0.25, 0.3) is 0 Å². The smallest absolute Gasteiger partial charge is 0.407 e. The molecule has 2 fully saturated rings. The van der Waals surface area contributed by atoms with E-state index in [-0.39, 0.29) is 41.7 Å². The van der Waals surface area contributed by atoms with Crippen molar-refractivity contribution in [2.24, 2.45) is 28.7 Å². The van der Waals surface area contributed by atoms with Gasteiger partial charge in [0.05, 0.1) is 38.2 Å². The van der Waals surface area contributed by atoms with Gasteiger partial charge in [0.15, 0.2) is 0 Å². The van der Waals surface area contributed by atoms with Crippen LogP contribution in [0.5, 0.6) is 0 Å². The van der Waals surface area contributed by atoms with Crippen LogP contribution >= 0.6 is 0 Å². The number of aliphatic imine (C=N–C) groups is 1. The molecule has 3 aliphatic heterocycles. The standard InChI is InChI=1S/C43H55N7O6/c1-24(2)37(47-42(53)55-7)40(51)49-22-26(5)17-35(49)33-19-32(20-44-33)30-11-9-28(10-12-30)29-13-15-31(16-14-29)34-21-45-39(46-34)36-18-27(6)23-50(36)41(52)38(25(3)4)48-43(54)56-8/h9-16,20-21,24-27,35-38H,17-19,22-23H2,1-8H3,(H,45,46)(H,47,53)(H,48,54)/t26-,27-,35-,36-,37-,38-/m0/s1. The Morgan fingerprint density at radius 2 is 1.18 bits per heavy atom. The van der Waals surface area contributed by atoms with Gasteiger partial charge in [-0.15, -0.1) is 0 Å². The van der Waals surface area contributed by atoms with Crippen molar-refractivity contribution >= 4 is 35.3 Å². The molecule has 2 aromatic carbocycles. The van der Waals surface area contributed by atoms with Crippen molar-refractivity contribution in [2.75, 3.05) is 27.3 Å². The molecule has 0 spiro atoms. The minimum atomic E-state index is -0.696. The topological polar surface area (TPSA) is 158 Å². The number of likely N-dealkylation sites (tertiary alicyclic amines) is 2. The van der Waals surface area contributed by atoms with Crippen molar-refractivity contribution in [2.45, 2.75) is 85.0 Å². The van der Waals surface area contributed by atoms with Crippen LogP contribution in [0.3, 0.4) is 0 Å². The largest absolute Gasteiger partial charge is 0.453 e. The van der Waals surface area contributed by atoms with E-state index in [0.717, 1.165) is 57.9 Å². The maximum Gasteiger partial charge on any atom is 0.407 e. The average molecular weight is 766 g/mol. The van der Waals surface area contributed by atoms with E-state index < -0.39 is 24.3 Å². The normalized spacial score (nSPS) is 21.8. The summed E-state index contributed by atoms with van der Waals surface area (Å²) < 4.78 is 9.56. The minimum Gasteiger partial charge on any atom is -0.453 e. The molecule has 0 bridgehead atoms. The number of carbonyl (C=O) groups is 4. The Bertz CT molecular complexity index is 1970. The van der Waals surface area contributed by atoms with Gasteiger partial charge in [-0.3, -0.25) is 14.6 Å². The molecule has 6 rings (SSSR count). The third-order valence-corrected chi connectivity index (χ3v) is 11.2. The summed E-state index contributed by atoms with van der Waals surface area (Å²) in [6.45, 7) is 13.1. The lowest BCUT2D eigenvalue weighted by molar-refractivity contribution is -0.136. The molecule has 298 valence electrons.